The summed E-state index contributed by atoms with van der Waals surface area (Å²) in [6.45, 7) is 1.99. The van der Waals surface area contributed by atoms with Crippen LogP contribution in [0.5, 0.6) is 0 Å². The monoisotopic (exact) mass is 152 g/mol. The van der Waals surface area contributed by atoms with E-state index in [1.165, 1.54) is 19.3 Å². The first kappa shape index (κ1) is 6.80. The van der Waals surface area contributed by atoms with E-state index >= 15 is 0 Å². The summed E-state index contributed by atoms with van der Waals surface area (Å²) in [4.78, 5) is 2.80. The number of hydrogen-bond donors (Lipinski definition) is 0. The van der Waals surface area contributed by atoms with Crippen LogP contribution in [0.2, 0.25) is 0 Å². The van der Waals surface area contributed by atoms with Crippen molar-refractivity contribution in [3.63, 3.8) is 0 Å². The first-order valence-electron chi connectivity index (χ1n) is 4.20. The Morgan fingerprint density at radius 3 is 2.45 bits per heavy atom. The molecule has 0 aromatic heterocycles. The molecule has 11 heavy (non-hydrogen) atoms. The van der Waals surface area contributed by atoms with Crippen molar-refractivity contribution in [1.29, 1.82) is 0 Å². The minimum Gasteiger partial charge on any atom is -0.247 e. The molecule has 0 amide bonds. The van der Waals surface area contributed by atoms with Gasteiger partial charge < -0.3 is 0 Å². The summed E-state index contributed by atoms with van der Waals surface area (Å²) in [7, 11) is 0. The maximum Gasteiger partial charge on any atom is 0.0916 e. The molecule has 0 radical (unpaired) electrons. The maximum atomic E-state index is 8.21. The number of nitrogens with zero attached hydrogens (tertiary/aromatic N) is 4. The zero-order valence-electron chi connectivity index (χ0n) is 6.48. The van der Waals surface area contributed by atoms with E-state index in [1.807, 2.05) is 5.01 Å². The largest absolute Gasteiger partial charge is 0.247 e. The third-order valence-electron chi connectivity index (χ3n) is 2.87. The Labute approximate surface area is 65.8 Å². The smallest absolute Gasteiger partial charge is 0.0916 e. The molecule has 4 nitrogen and oxygen atoms in total. The average molecular weight is 152 g/mol. The summed E-state index contributed by atoms with van der Waals surface area (Å²) < 4.78 is 0. The van der Waals surface area contributed by atoms with Crippen molar-refractivity contribution >= 4 is 0 Å². The predicted molar refractivity (Wildman–Crippen MR) is 41.6 cm³/mol. The van der Waals surface area contributed by atoms with E-state index in [9.17, 15) is 0 Å². The Morgan fingerprint density at radius 1 is 1.27 bits per heavy atom. The minimum absolute atomic E-state index is 0.820. The van der Waals surface area contributed by atoms with Crippen LogP contribution in [0.4, 0.5) is 0 Å². The Kier molecular flexibility index (Phi) is 1.62. The van der Waals surface area contributed by atoms with Crippen LogP contribution in [-0.4, -0.2) is 18.1 Å². The lowest BCUT2D eigenvalue weighted by atomic mass is 10.0. The third-order valence-corrected chi connectivity index (χ3v) is 2.87. The molecule has 0 aromatic carbocycles. The lowest BCUT2D eigenvalue weighted by molar-refractivity contribution is 0.323. The standard InChI is InChI=1S/C7H12N4/c8-9-10-11-4-6-2-1-3-7(6)5-11/h6-7H,1-5H2. The molecule has 1 saturated heterocycles. The summed E-state index contributed by atoms with van der Waals surface area (Å²) in [5.41, 5.74) is 8.21. The van der Waals surface area contributed by atoms with Gasteiger partial charge in [-0.25, -0.2) is 5.01 Å². The molecular weight excluding hydrogens is 140 g/mol. The Hall–Kier alpha value is -0.890. The second kappa shape index (κ2) is 2.62. The minimum atomic E-state index is 0.820. The average Bonchev–Trinajstić information content (AvgIpc) is 2.46. The van der Waals surface area contributed by atoms with E-state index in [0.29, 0.717) is 0 Å². The highest BCUT2D eigenvalue weighted by Crippen LogP contribution is 2.37. The van der Waals surface area contributed by atoms with Gasteiger partial charge in [-0.2, -0.15) is 4.91 Å². The Morgan fingerprint density at radius 2 is 1.91 bits per heavy atom. The van der Waals surface area contributed by atoms with Crippen LogP contribution in [0.15, 0.2) is 5.22 Å². The van der Waals surface area contributed by atoms with Crippen molar-refractivity contribution in [2.75, 3.05) is 13.1 Å². The van der Waals surface area contributed by atoms with Crippen LogP contribution in [0, 0.1) is 11.8 Å². The van der Waals surface area contributed by atoms with E-state index in [2.05, 4.69) is 10.1 Å². The van der Waals surface area contributed by atoms with Gasteiger partial charge in [0.05, 0.1) is 13.1 Å². The predicted octanol–water partition coefficient (Wildman–Crippen LogP) is 1.94. The van der Waals surface area contributed by atoms with Crippen LogP contribution < -0.4 is 0 Å². The van der Waals surface area contributed by atoms with E-state index in [0.717, 1.165) is 24.9 Å². The molecule has 2 atom stereocenters. The molecule has 2 aliphatic rings. The van der Waals surface area contributed by atoms with Gasteiger partial charge in [-0.3, -0.25) is 0 Å². The van der Waals surface area contributed by atoms with Gasteiger partial charge in [0.1, 0.15) is 0 Å². The number of rotatable bonds is 1. The maximum absolute atomic E-state index is 8.21. The lowest BCUT2D eigenvalue weighted by Gasteiger charge is -2.04. The van der Waals surface area contributed by atoms with Crippen LogP contribution in [0.1, 0.15) is 19.3 Å². The molecule has 2 fully saturated rings. The zero-order valence-corrected chi connectivity index (χ0v) is 6.48. The third kappa shape index (κ3) is 1.14. The van der Waals surface area contributed by atoms with E-state index in [-0.39, 0.29) is 0 Å². The van der Waals surface area contributed by atoms with Gasteiger partial charge in [0, 0.05) is 11.8 Å². The second-order valence-electron chi connectivity index (χ2n) is 3.50. The molecule has 1 aliphatic carbocycles. The molecular formula is C7H12N4. The normalized spacial score (nSPS) is 35.1. The zero-order chi connectivity index (χ0) is 7.68. The van der Waals surface area contributed by atoms with E-state index in [4.69, 9.17) is 5.53 Å². The molecule has 2 rings (SSSR count). The van der Waals surface area contributed by atoms with Crippen LogP contribution >= 0.6 is 0 Å². The van der Waals surface area contributed by atoms with Gasteiger partial charge in [0.2, 0.25) is 0 Å². The molecule has 0 aromatic rings. The fraction of sp³-hybridized carbons (Fsp3) is 1.00. The molecule has 1 aliphatic heterocycles. The number of hydrogen-bond acceptors (Lipinski definition) is 1. The summed E-state index contributed by atoms with van der Waals surface area (Å²) in [5, 5.41) is 5.49. The van der Waals surface area contributed by atoms with Crippen LogP contribution in [-0.2, 0) is 0 Å². The fourth-order valence-electron chi connectivity index (χ4n) is 2.34. The highest BCUT2D eigenvalue weighted by molar-refractivity contribution is 4.86. The molecule has 4 heteroatoms. The topological polar surface area (TPSA) is 52.0 Å². The molecule has 0 bridgehead atoms. The van der Waals surface area contributed by atoms with Crippen LogP contribution in [0.25, 0.3) is 10.4 Å². The van der Waals surface area contributed by atoms with Crippen LogP contribution in [0.3, 0.4) is 0 Å². The second-order valence-corrected chi connectivity index (χ2v) is 3.50. The molecule has 2 unspecified atom stereocenters. The Bertz CT molecular complexity index is 185. The Balaban J connectivity index is 1.99. The van der Waals surface area contributed by atoms with Crippen molar-refractivity contribution in [2.24, 2.45) is 17.1 Å². The molecule has 1 saturated carbocycles. The van der Waals surface area contributed by atoms with Gasteiger partial charge >= 0.3 is 0 Å². The van der Waals surface area contributed by atoms with Gasteiger partial charge in [0.15, 0.2) is 0 Å². The van der Waals surface area contributed by atoms with Crippen molar-refractivity contribution < 1.29 is 0 Å². The summed E-state index contributed by atoms with van der Waals surface area (Å²) in [6, 6.07) is 0. The lowest BCUT2D eigenvalue weighted by Crippen LogP contribution is -2.12. The first-order valence-corrected chi connectivity index (χ1v) is 4.20. The van der Waals surface area contributed by atoms with Gasteiger partial charge in [-0.1, -0.05) is 6.42 Å². The van der Waals surface area contributed by atoms with Crippen molar-refractivity contribution in [3.05, 3.63) is 10.4 Å². The van der Waals surface area contributed by atoms with Crippen molar-refractivity contribution in [3.8, 4) is 0 Å². The number of fused-ring (bicyclic) bond motifs is 1. The highest BCUT2D eigenvalue weighted by Gasteiger charge is 2.38. The van der Waals surface area contributed by atoms with Gasteiger partial charge in [-0.05, 0) is 18.1 Å². The molecule has 0 N–H and O–H groups in total. The summed E-state index contributed by atoms with van der Waals surface area (Å²) >= 11 is 0. The summed E-state index contributed by atoms with van der Waals surface area (Å²) in [6.07, 6.45) is 4.05. The summed E-state index contributed by atoms with van der Waals surface area (Å²) in [5.74, 6) is 1.64. The highest BCUT2D eigenvalue weighted by atomic mass is 15.5. The fourth-order valence-corrected chi connectivity index (χ4v) is 2.34. The van der Waals surface area contributed by atoms with Gasteiger partial charge in [-0.15, -0.1) is 5.53 Å². The van der Waals surface area contributed by atoms with Gasteiger partial charge in [0.25, 0.3) is 0 Å². The van der Waals surface area contributed by atoms with E-state index < -0.39 is 0 Å². The van der Waals surface area contributed by atoms with E-state index in [1.54, 1.807) is 0 Å². The van der Waals surface area contributed by atoms with Crippen molar-refractivity contribution in [1.82, 2.24) is 5.01 Å². The number of azide groups is 1. The van der Waals surface area contributed by atoms with Crippen molar-refractivity contribution in [2.45, 2.75) is 19.3 Å². The first-order chi connectivity index (χ1) is 5.40. The molecule has 1 heterocycles. The quantitative estimate of drug-likeness (QED) is 0.322. The SMILES string of the molecule is [N-]=[N+]=NN1CC2CCCC2C1. The molecule has 0 spiro atoms. The molecule has 60 valence electrons.